The highest BCUT2D eigenvalue weighted by Gasteiger charge is 2.42. The molecule has 17 heavy (non-hydrogen) atoms. The molecule has 1 fully saturated rings. The number of ether oxygens (including phenoxy) is 1. The molecule has 0 radical (unpaired) electrons. The third kappa shape index (κ3) is 3.39. The smallest absolute Gasteiger partial charge is 0.391 e. The standard InChI is InChI=1S/C8H13NO6S2/c1-4-9-7-6(10)2-5(15-8(7)16-4)3-14-17(11,12)13/h5-8,10H,2-3H2,1H3,(H,11,12,13). The van der Waals surface area contributed by atoms with E-state index in [1.165, 1.54) is 11.8 Å². The number of hydrogen-bond donors (Lipinski definition) is 2. The number of aliphatic imine (C=N–C) groups is 1. The van der Waals surface area contributed by atoms with Gasteiger partial charge in [-0.05, 0) is 6.92 Å². The van der Waals surface area contributed by atoms with Crippen molar-refractivity contribution >= 4 is 27.2 Å². The van der Waals surface area contributed by atoms with Crippen molar-refractivity contribution in [3.63, 3.8) is 0 Å². The topological polar surface area (TPSA) is 105 Å². The van der Waals surface area contributed by atoms with Crippen LogP contribution in [0, 0.1) is 0 Å². The molecule has 9 heteroatoms. The number of hydrogen-bond acceptors (Lipinski definition) is 7. The minimum Gasteiger partial charge on any atom is -0.391 e. The summed E-state index contributed by atoms with van der Waals surface area (Å²) in [5.41, 5.74) is -0.311. The second-order valence-corrected chi connectivity index (χ2v) is 6.28. The van der Waals surface area contributed by atoms with E-state index in [1.54, 1.807) is 0 Å². The molecule has 0 aliphatic carbocycles. The maximum atomic E-state index is 10.4. The van der Waals surface area contributed by atoms with Crippen molar-refractivity contribution in [2.45, 2.75) is 37.0 Å². The van der Waals surface area contributed by atoms with Gasteiger partial charge >= 0.3 is 10.4 Å². The van der Waals surface area contributed by atoms with Crippen LogP contribution in [0.4, 0.5) is 0 Å². The lowest BCUT2D eigenvalue weighted by atomic mass is 10.0. The maximum absolute atomic E-state index is 10.4. The fraction of sp³-hybridized carbons (Fsp3) is 0.875. The van der Waals surface area contributed by atoms with Crippen molar-refractivity contribution in [1.29, 1.82) is 0 Å². The number of rotatable bonds is 3. The molecule has 4 unspecified atom stereocenters. The quantitative estimate of drug-likeness (QED) is 0.692. The van der Waals surface area contributed by atoms with Gasteiger partial charge in [0, 0.05) is 6.42 Å². The summed E-state index contributed by atoms with van der Waals surface area (Å²) in [6.45, 7) is 1.52. The summed E-state index contributed by atoms with van der Waals surface area (Å²) in [4.78, 5) is 4.23. The van der Waals surface area contributed by atoms with Crippen molar-refractivity contribution < 1.29 is 27.0 Å². The lowest BCUT2D eigenvalue weighted by Gasteiger charge is -2.33. The third-order valence-electron chi connectivity index (χ3n) is 2.52. The molecule has 2 rings (SSSR count). The zero-order chi connectivity index (χ0) is 12.6. The van der Waals surface area contributed by atoms with Crippen LogP contribution in [0.2, 0.25) is 0 Å². The maximum Gasteiger partial charge on any atom is 0.397 e. The van der Waals surface area contributed by atoms with Gasteiger partial charge in [0.15, 0.2) is 0 Å². The molecule has 1 saturated heterocycles. The van der Waals surface area contributed by atoms with Crippen LogP contribution in [0.3, 0.4) is 0 Å². The van der Waals surface area contributed by atoms with E-state index in [-0.39, 0.29) is 24.5 Å². The fourth-order valence-corrected chi connectivity index (χ4v) is 3.27. The van der Waals surface area contributed by atoms with Gasteiger partial charge in [0.2, 0.25) is 0 Å². The van der Waals surface area contributed by atoms with Crippen LogP contribution in [-0.4, -0.2) is 53.4 Å². The second kappa shape index (κ2) is 4.82. The van der Waals surface area contributed by atoms with E-state index in [0.717, 1.165) is 5.04 Å². The Labute approximate surface area is 103 Å². The Hall–Kier alpha value is -0.190. The summed E-state index contributed by atoms with van der Waals surface area (Å²) in [5.74, 6) is 0. The Morgan fingerprint density at radius 1 is 1.65 bits per heavy atom. The Morgan fingerprint density at radius 2 is 2.35 bits per heavy atom. The highest BCUT2D eigenvalue weighted by molar-refractivity contribution is 8.14. The molecule has 7 nitrogen and oxygen atoms in total. The molecule has 0 saturated carbocycles. The van der Waals surface area contributed by atoms with Gasteiger partial charge in [0.05, 0.1) is 23.9 Å². The van der Waals surface area contributed by atoms with Crippen LogP contribution >= 0.6 is 11.8 Å². The van der Waals surface area contributed by atoms with E-state index in [0.29, 0.717) is 0 Å². The molecule has 0 aromatic rings. The van der Waals surface area contributed by atoms with Crippen LogP contribution in [0.1, 0.15) is 13.3 Å². The van der Waals surface area contributed by atoms with Crippen LogP contribution in [0.5, 0.6) is 0 Å². The fourth-order valence-electron chi connectivity index (χ4n) is 1.84. The van der Waals surface area contributed by atoms with Crippen molar-refractivity contribution in [2.75, 3.05) is 6.61 Å². The Balaban J connectivity index is 1.93. The average Bonchev–Trinajstić information content (AvgIpc) is 2.55. The van der Waals surface area contributed by atoms with Crippen molar-refractivity contribution in [1.82, 2.24) is 0 Å². The highest BCUT2D eigenvalue weighted by atomic mass is 32.3. The molecule has 0 aromatic carbocycles. The zero-order valence-corrected chi connectivity index (χ0v) is 10.6. The number of nitrogens with zero attached hydrogens (tertiary/aromatic N) is 1. The van der Waals surface area contributed by atoms with Gasteiger partial charge in [-0.1, -0.05) is 11.8 Å². The molecule has 2 N–H and O–H groups in total. The minimum absolute atomic E-state index is 0.230. The molecule has 0 amide bonds. The number of aliphatic hydroxyl groups is 1. The minimum atomic E-state index is -4.47. The molecule has 2 aliphatic rings. The molecular formula is C8H13NO6S2. The summed E-state index contributed by atoms with van der Waals surface area (Å²) in [7, 11) is -4.47. The first-order valence-electron chi connectivity index (χ1n) is 5.01. The Morgan fingerprint density at radius 3 is 3.00 bits per heavy atom. The summed E-state index contributed by atoms with van der Waals surface area (Å²) >= 11 is 1.39. The SMILES string of the molecule is CC1=NC2C(O)CC(COS(=O)(=O)O)OC2S1. The molecule has 2 heterocycles. The van der Waals surface area contributed by atoms with Crippen LogP contribution < -0.4 is 0 Å². The summed E-state index contributed by atoms with van der Waals surface area (Å²) < 4.78 is 39.1. The third-order valence-corrected chi connectivity index (χ3v) is 4.03. The lowest BCUT2D eigenvalue weighted by Crippen LogP contribution is -2.45. The second-order valence-electron chi connectivity index (χ2n) is 3.90. The van der Waals surface area contributed by atoms with E-state index >= 15 is 0 Å². The number of fused-ring (bicyclic) bond motifs is 1. The predicted octanol–water partition coefficient (Wildman–Crippen LogP) is -0.184. The van der Waals surface area contributed by atoms with Crippen molar-refractivity contribution in [3.05, 3.63) is 0 Å². The first-order chi connectivity index (χ1) is 7.85. The van der Waals surface area contributed by atoms with Gasteiger partial charge in [0.25, 0.3) is 0 Å². The van der Waals surface area contributed by atoms with E-state index in [2.05, 4.69) is 9.18 Å². The lowest BCUT2D eigenvalue weighted by molar-refractivity contribution is -0.0841. The monoisotopic (exact) mass is 283 g/mol. The number of thioether (sulfide) groups is 1. The van der Waals surface area contributed by atoms with Crippen LogP contribution in [0.25, 0.3) is 0 Å². The molecule has 0 bridgehead atoms. The normalized spacial score (nSPS) is 37.7. The summed E-state index contributed by atoms with van der Waals surface area (Å²) in [5, 5.41) is 10.7. The van der Waals surface area contributed by atoms with Crippen LogP contribution in [0.15, 0.2) is 4.99 Å². The van der Waals surface area contributed by atoms with Gasteiger partial charge in [-0.3, -0.25) is 9.55 Å². The van der Waals surface area contributed by atoms with Gasteiger partial charge in [-0.2, -0.15) is 8.42 Å². The van der Waals surface area contributed by atoms with Gasteiger partial charge in [0.1, 0.15) is 11.5 Å². The van der Waals surface area contributed by atoms with E-state index in [1.807, 2.05) is 6.92 Å². The first kappa shape index (κ1) is 13.2. The van der Waals surface area contributed by atoms with Crippen molar-refractivity contribution in [3.8, 4) is 0 Å². The largest absolute Gasteiger partial charge is 0.397 e. The van der Waals surface area contributed by atoms with Gasteiger partial charge < -0.3 is 9.84 Å². The summed E-state index contributed by atoms with van der Waals surface area (Å²) in [6.07, 6.45) is -1.02. The van der Waals surface area contributed by atoms with Gasteiger partial charge in [-0.15, -0.1) is 0 Å². The molecule has 4 atom stereocenters. The van der Waals surface area contributed by atoms with E-state index in [4.69, 9.17) is 9.29 Å². The zero-order valence-electron chi connectivity index (χ0n) is 9.01. The van der Waals surface area contributed by atoms with E-state index < -0.39 is 22.6 Å². The molecule has 0 aromatic heterocycles. The van der Waals surface area contributed by atoms with E-state index in [9.17, 15) is 13.5 Å². The number of aliphatic hydroxyl groups excluding tert-OH is 1. The van der Waals surface area contributed by atoms with Crippen LogP contribution in [-0.2, 0) is 19.3 Å². The first-order valence-corrected chi connectivity index (χ1v) is 7.26. The Kier molecular flexibility index (Phi) is 3.76. The van der Waals surface area contributed by atoms with Crippen molar-refractivity contribution in [2.24, 2.45) is 4.99 Å². The summed E-state index contributed by atoms with van der Waals surface area (Å²) in [6, 6.07) is -0.304. The van der Waals surface area contributed by atoms with Gasteiger partial charge in [-0.25, -0.2) is 4.18 Å². The predicted molar refractivity (Wildman–Crippen MR) is 61.3 cm³/mol. The molecule has 2 aliphatic heterocycles. The molecular weight excluding hydrogens is 270 g/mol. The Bertz CT molecular complexity index is 422. The highest BCUT2D eigenvalue weighted by Crippen LogP contribution is 2.36. The molecule has 0 spiro atoms. The average molecular weight is 283 g/mol. The molecule has 98 valence electrons.